The van der Waals surface area contributed by atoms with Gasteiger partial charge in [-0.25, -0.2) is 0 Å². The van der Waals surface area contributed by atoms with Gasteiger partial charge in [0.15, 0.2) is 5.65 Å². The number of nitrogens with zero attached hydrogens (tertiary/aromatic N) is 3. The van der Waals surface area contributed by atoms with Crippen LogP contribution in [0.5, 0.6) is 5.75 Å². The molecule has 0 saturated carbocycles. The third kappa shape index (κ3) is 4.51. The molecule has 0 bridgehead atoms. The molecule has 1 aliphatic rings. The predicted octanol–water partition coefficient (Wildman–Crippen LogP) is 4.11. The standard InChI is InChI=1S/C19H17F5N4O2/c20-18(21,29-11-14-2-1-9-25-14)17-27-26-16-8-5-13(10-28(16)17)12-3-6-15(7-4-12)30-19(22,23)24/h3-8,10,14,25H,1-2,9,11H2/t14-/m0/s1. The Morgan fingerprint density at radius 2 is 1.73 bits per heavy atom. The summed E-state index contributed by atoms with van der Waals surface area (Å²) in [5.74, 6) is -1.05. The van der Waals surface area contributed by atoms with Crippen LogP contribution in [0.25, 0.3) is 16.8 Å². The van der Waals surface area contributed by atoms with Gasteiger partial charge in [0.1, 0.15) is 5.75 Å². The SMILES string of the molecule is FC(F)(F)Oc1ccc(-c2ccc3nnc(C(F)(F)OC[C@@H]4CCCN4)n3c2)cc1. The van der Waals surface area contributed by atoms with E-state index >= 15 is 0 Å². The topological polar surface area (TPSA) is 60.7 Å². The van der Waals surface area contributed by atoms with Crippen molar-refractivity contribution >= 4 is 5.65 Å². The van der Waals surface area contributed by atoms with E-state index in [1.165, 1.54) is 24.4 Å². The summed E-state index contributed by atoms with van der Waals surface area (Å²) in [4.78, 5) is 0. The molecule has 0 spiro atoms. The highest BCUT2D eigenvalue weighted by Gasteiger charge is 2.39. The molecule has 3 heterocycles. The number of pyridine rings is 1. The maximum Gasteiger partial charge on any atom is 0.573 e. The average Bonchev–Trinajstić information content (AvgIpc) is 3.35. The maximum atomic E-state index is 14.6. The van der Waals surface area contributed by atoms with E-state index < -0.39 is 18.3 Å². The molecule has 0 radical (unpaired) electrons. The number of hydrogen-bond donors (Lipinski definition) is 1. The molecule has 1 N–H and O–H groups in total. The number of fused-ring (bicyclic) bond motifs is 1. The molecular formula is C19H17F5N4O2. The van der Waals surface area contributed by atoms with Gasteiger partial charge in [-0.1, -0.05) is 12.1 Å². The van der Waals surface area contributed by atoms with Crippen molar-refractivity contribution in [2.75, 3.05) is 13.2 Å². The molecule has 1 saturated heterocycles. The van der Waals surface area contributed by atoms with Crippen molar-refractivity contribution in [1.82, 2.24) is 19.9 Å². The van der Waals surface area contributed by atoms with E-state index in [-0.39, 0.29) is 24.0 Å². The van der Waals surface area contributed by atoms with E-state index in [4.69, 9.17) is 4.74 Å². The Hall–Kier alpha value is -2.79. The summed E-state index contributed by atoms with van der Waals surface area (Å²) in [6.45, 7) is 0.603. The van der Waals surface area contributed by atoms with Gasteiger partial charge < -0.3 is 14.8 Å². The number of hydrogen-bond acceptors (Lipinski definition) is 5. The lowest BCUT2D eigenvalue weighted by Gasteiger charge is -2.18. The van der Waals surface area contributed by atoms with Crippen LogP contribution in [-0.2, 0) is 10.8 Å². The Morgan fingerprint density at radius 3 is 2.40 bits per heavy atom. The molecule has 160 valence electrons. The maximum absolute atomic E-state index is 14.6. The first-order valence-corrected chi connectivity index (χ1v) is 9.18. The van der Waals surface area contributed by atoms with Crippen molar-refractivity contribution in [3.05, 3.63) is 48.4 Å². The predicted molar refractivity (Wildman–Crippen MR) is 96.0 cm³/mol. The molecular weight excluding hydrogens is 411 g/mol. The minimum atomic E-state index is -4.79. The summed E-state index contributed by atoms with van der Waals surface area (Å²) in [7, 11) is 0. The molecule has 1 aromatic carbocycles. The number of benzene rings is 1. The Bertz CT molecular complexity index is 1010. The van der Waals surface area contributed by atoms with Crippen LogP contribution in [0.4, 0.5) is 22.0 Å². The van der Waals surface area contributed by atoms with Crippen LogP contribution in [0, 0.1) is 0 Å². The molecule has 6 nitrogen and oxygen atoms in total. The quantitative estimate of drug-likeness (QED) is 0.599. The van der Waals surface area contributed by atoms with Crippen molar-refractivity contribution in [3.8, 4) is 16.9 Å². The monoisotopic (exact) mass is 428 g/mol. The summed E-state index contributed by atoms with van der Waals surface area (Å²) >= 11 is 0. The summed E-state index contributed by atoms with van der Waals surface area (Å²) < 4.78 is 75.9. The van der Waals surface area contributed by atoms with E-state index in [0.29, 0.717) is 11.1 Å². The smallest absolute Gasteiger partial charge is 0.406 e. The molecule has 0 unspecified atom stereocenters. The molecule has 1 atom stereocenters. The number of ether oxygens (including phenoxy) is 2. The van der Waals surface area contributed by atoms with Crippen LogP contribution in [0.2, 0.25) is 0 Å². The van der Waals surface area contributed by atoms with Crippen molar-refractivity contribution in [1.29, 1.82) is 0 Å². The van der Waals surface area contributed by atoms with Crippen LogP contribution < -0.4 is 10.1 Å². The van der Waals surface area contributed by atoms with Crippen LogP contribution in [-0.4, -0.2) is 40.2 Å². The number of rotatable bonds is 6. The molecule has 4 rings (SSSR count). The van der Waals surface area contributed by atoms with Crippen molar-refractivity contribution in [2.45, 2.75) is 31.4 Å². The molecule has 3 aromatic rings. The van der Waals surface area contributed by atoms with Crippen LogP contribution in [0.3, 0.4) is 0 Å². The summed E-state index contributed by atoms with van der Waals surface area (Å²) in [6, 6.07) is 8.04. The zero-order valence-electron chi connectivity index (χ0n) is 15.5. The molecule has 11 heteroatoms. The number of alkyl halides is 5. The van der Waals surface area contributed by atoms with Gasteiger partial charge in [0.2, 0.25) is 5.82 Å². The molecule has 1 aliphatic heterocycles. The Morgan fingerprint density at radius 1 is 1.00 bits per heavy atom. The van der Waals surface area contributed by atoms with Crippen LogP contribution in [0.15, 0.2) is 42.6 Å². The second-order valence-corrected chi connectivity index (χ2v) is 6.86. The first-order valence-electron chi connectivity index (χ1n) is 9.18. The zero-order valence-corrected chi connectivity index (χ0v) is 15.5. The number of aromatic nitrogens is 3. The van der Waals surface area contributed by atoms with Gasteiger partial charge in [-0.3, -0.25) is 4.40 Å². The van der Waals surface area contributed by atoms with Crippen LogP contribution in [0.1, 0.15) is 18.7 Å². The first kappa shape index (κ1) is 20.5. The normalized spacial score (nSPS) is 17.6. The first-order chi connectivity index (χ1) is 14.2. The van der Waals surface area contributed by atoms with E-state index in [1.54, 1.807) is 6.07 Å². The van der Waals surface area contributed by atoms with Crippen LogP contribution >= 0.6 is 0 Å². The molecule has 0 aliphatic carbocycles. The summed E-state index contributed by atoms with van der Waals surface area (Å²) in [5, 5.41) is 10.4. The third-order valence-electron chi connectivity index (χ3n) is 4.71. The van der Waals surface area contributed by atoms with Gasteiger partial charge in [0, 0.05) is 12.2 Å². The van der Waals surface area contributed by atoms with Gasteiger partial charge in [-0.05, 0) is 54.8 Å². The van der Waals surface area contributed by atoms with Gasteiger partial charge in [0.25, 0.3) is 0 Å². The fourth-order valence-electron chi connectivity index (χ4n) is 3.28. The van der Waals surface area contributed by atoms with Crippen molar-refractivity contribution < 1.29 is 31.4 Å². The van der Waals surface area contributed by atoms with Gasteiger partial charge in [0.05, 0.1) is 6.61 Å². The number of halogens is 5. The van der Waals surface area contributed by atoms with Gasteiger partial charge in [-0.2, -0.15) is 8.78 Å². The third-order valence-corrected chi connectivity index (χ3v) is 4.71. The molecule has 2 aromatic heterocycles. The largest absolute Gasteiger partial charge is 0.573 e. The lowest BCUT2D eigenvalue weighted by Crippen LogP contribution is -2.32. The lowest BCUT2D eigenvalue weighted by atomic mass is 10.1. The van der Waals surface area contributed by atoms with E-state index in [0.717, 1.165) is 35.9 Å². The number of nitrogens with one attached hydrogen (secondary N) is 1. The second kappa shape index (κ2) is 7.80. The van der Waals surface area contributed by atoms with Gasteiger partial charge in [-0.15, -0.1) is 23.4 Å². The zero-order chi connectivity index (χ0) is 21.4. The van der Waals surface area contributed by atoms with Gasteiger partial charge >= 0.3 is 12.5 Å². The molecule has 30 heavy (non-hydrogen) atoms. The average molecular weight is 428 g/mol. The van der Waals surface area contributed by atoms with Crippen molar-refractivity contribution in [3.63, 3.8) is 0 Å². The fourth-order valence-corrected chi connectivity index (χ4v) is 3.28. The van der Waals surface area contributed by atoms with E-state index in [1.807, 2.05) is 0 Å². The Kier molecular flexibility index (Phi) is 5.33. The Labute approximate surface area is 167 Å². The minimum Gasteiger partial charge on any atom is -0.406 e. The Balaban J connectivity index is 1.58. The molecule has 1 fully saturated rings. The van der Waals surface area contributed by atoms with Crippen molar-refractivity contribution in [2.24, 2.45) is 0 Å². The molecule has 0 amide bonds. The summed E-state index contributed by atoms with van der Waals surface area (Å²) in [5.41, 5.74) is 1.17. The second-order valence-electron chi connectivity index (χ2n) is 6.86. The lowest BCUT2D eigenvalue weighted by molar-refractivity contribution is -0.274. The highest BCUT2D eigenvalue weighted by atomic mass is 19.4. The highest BCUT2D eigenvalue weighted by Crippen LogP contribution is 2.31. The van der Waals surface area contributed by atoms with E-state index in [9.17, 15) is 22.0 Å². The van der Waals surface area contributed by atoms with E-state index in [2.05, 4.69) is 20.3 Å². The summed E-state index contributed by atoms with van der Waals surface area (Å²) in [6.07, 6.45) is -5.40. The minimum absolute atomic E-state index is 0.136. The highest BCUT2D eigenvalue weighted by molar-refractivity contribution is 5.65. The fraction of sp³-hybridized carbons (Fsp3) is 0.368.